The largest absolute Gasteiger partial charge is 0.573 e. The van der Waals surface area contributed by atoms with Crippen LogP contribution in [0.5, 0.6) is 5.75 Å². The normalized spacial score (nSPS) is 14.2. The third-order valence-electron chi connectivity index (χ3n) is 4.44. The minimum Gasteiger partial charge on any atom is -0.406 e. The molecule has 3 amide bonds. The number of nitrogens with one attached hydrogen (secondary N) is 2. The van der Waals surface area contributed by atoms with Crippen molar-refractivity contribution in [3.8, 4) is 5.75 Å². The molecule has 12 heteroatoms. The Kier molecular flexibility index (Phi) is 7.11. The summed E-state index contributed by atoms with van der Waals surface area (Å²) in [6.45, 7) is 2.45. The molecule has 1 aromatic carbocycles. The summed E-state index contributed by atoms with van der Waals surface area (Å²) >= 11 is 0. The lowest BCUT2D eigenvalue weighted by Crippen LogP contribution is -2.49. The molecule has 3 rings (SSSR count). The number of alkyl halides is 3. The van der Waals surface area contributed by atoms with Crippen LogP contribution in [0.3, 0.4) is 0 Å². The van der Waals surface area contributed by atoms with Gasteiger partial charge in [0, 0.05) is 57.2 Å². The van der Waals surface area contributed by atoms with Gasteiger partial charge in [0.15, 0.2) is 0 Å². The van der Waals surface area contributed by atoms with Crippen LogP contribution in [0.15, 0.2) is 42.7 Å². The lowest BCUT2D eigenvalue weighted by molar-refractivity contribution is -0.274. The third-order valence-corrected chi connectivity index (χ3v) is 4.44. The molecule has 166 valence electrons. The molecule has 31 heavy (non-hydrogen) atoms. The van der Waals surface area contributed by atoms with Crippen LogP contribution < -0.4 is 20.3 Å². The molecule has 0 aliphatic carbocycles. The molecule has 0 saturated carbocycles. The number of hydrogen-bond donors (Lipinski definition) is 2. The molecule has 2 heterocycles. The van der Waals surface area contributed by atoms with Gasteiger partial charge in [-0.15, -0.1) is 13.2 Å². The molecular weight excluding hydrogens is 417 g/mol. The van der Waals surface area contributed by atoms with Gasteiger partial charge in [-0.3, -0.25) is 4.79 Å². The number of hydrogen-bond acceptors (Lipinski definition) is 6. The van der Waals surface area contributed by atoms with Crippen molar-refractivity contribution in [2.24, 2.45) is 0 Å². The Morgan fingerprint density at radius 3 is 2.29 bits per heavy atom. The quantitative estimate of drug-likeness (QED) is 0.718. The fourth-order valence-corrected chi connectivity index (χ4v) is 2.97. The molecule has 9 nitrogen and oxygen atoms in total. The first kappa shape index (κ1) is 22.1. The number of ether oxygens (including phenoxy) is 1. The van der Waals surface area contributed by atoms with Crippen molar-refractivity contribution in [3.63, 3.8) is 0 Å². The van der Waals surface area contributed by atoms with E-state index in [-0.39, 0.29) is 30.3 Å². The molecule has 0 bridgehead atoms. The molecule has 1 saturated heterocycles. The van der Waals surface area contributed by atoms with Crippen LogP contribution in [0.2, 0.25) is 0 Å². The molecular formula is C19H21F3N6O3. The molecule has 1 aromatic heterocycles. The lowest BCUT2D eigenvalue weighted by Gasteiger charge is -2.34. The third kappa shape index (κ3) is 7.01. The summed E-state index contributed by atoms with van der Waals surface area (Å²) in [5, 5.41) is 5.03. The Morgan fingerprint density at radius 2 is 1.68 bits per heavy atom. The van der Waals surface area contributed by atoms with E-state index in [2.05, 4.69) is 25.3 Å². The fourth-order valence-electron chi connectivity index (χ4n) is 2.97. The van der Waals surface area contributed by atoms with Gasteiger partial charge >= 0.3 is 12.4 Å². The summed E-state index contributed by atoms with van der Waals surface area (Å²) < 4.78 is 40.2. The second-order valence-corrected chi connectivity index (χ2v) is 6.62. The number of amides is 3. The number of nitrogens with zero attached hydrogens (tertiary/aromatic N) is 4. The number of urea groups is 1. The van der Waals surface area contributed by atoms with Gasteiger partial charge in [0.25, 0.3) is 0 Å². The van der Waals surface area contributed by atoms with Crippen molar-refractivity contribution in [1.29, 1.82) is 0 Å². The Labute approximate surface area is 176 Å². The van der Waals surface area contributed by atoms with Gasteiger partial charge in [-0.2, -0.15) is 0 Å². The van der Waals surface area contributed by atoms with Crippen LogP contribution in [0.25, 0.3) is 0 Å². The molecule has 1 aliphatic rings. The van der Waals surface area contributed by atoms with Gasteiger partial charge < -0.3 is 25.2 Å². The van der Waals surface area contributed by atoms with E-state index in [0.717, 1.165) is 12.1 Å². The topological polar surface area (TPSA) is 99.7 Å². The van der Waals surface area contributed by atoms with Gasteiger partial charge in [-0.25, -0.2) is 14.8 Å². The summed E-state index contributed by atoms with van der Waals surface area (Å²) in [5.74, 6) is 0.163. The molecule has 1 fully saturated rings. The van der Waals surface area contributed by atoms with Gasteiger partial charge in [-0.05, 0) is 30.3 Å². The lowest BCUT2D eigenvalue weighted by atomic mass is 10.3. The molecule has 0 radical (unpaired) electrons. The first-order valence-electron chi connectivity index (χ1n) is 9.50. The van der Waals surface area contributed by atoms with E-state index in [9.17, 15) is 22.8 Å². The smallest absolute Gasteiger partial charge is 0.406 e. The summed E-state index contributed by atoms with van der Waals surface area (Å²) in [5.41, 5.74) is 0.289. The highest BCUT2D eigenvalue weighted by molar-refractivity contribution is 5.89. The number of carbonyl (C=O) groups is 2. The zero-order valence-electron chi connectivity index (χ0n) is 16.4. The summed E-state index contributed by atoms with van der Waals surface area (Å²) in [6, 6.07) is 5.91. The Morgan fingerprint density at radius 1 is 1.03 bits per heavy atom. The Hall–Kier alpha value is -3.57. The average molecular weight is 438 g/mol. The second-order valence-electron chi connectivity index (χ2n) is 6.62. The minimum absolute atomic E-state index is 0.0809. The van der Waals surface area contributed by atoms with E-state index in [1.165, 1.54) is 12.1 Å². The van der Waals surface area contributed by atoms with Gasteiger partial charge in [0.05, 0.1) is 0 Å². The van der Waals surface area contributed by atoms with Crippen LogP contribution in [0.1, 0.15) is 6.42 Å². The number of rotatable bonds is 6. The number of benzene rings is 1. The van der Waals surface area contributed by atoms with Crippen molar-refractivity contribution < 1.29 is 27.5 Å². The van der Waals surface area contributed by atoms with Crippen molar-refractivity contribution in [1.82, 2.24) is 20.2 Å². The predicted octanol–water partition coefficient (Wildman–Crippen LogP) is 2.24. The zero-order chi connectivity index (χ0) is 22.3. The number of halogens is 3. The van der Waals surface area contributed by atoms with Crippen molar-refractivity contribution in [3.05, 3.63) is 42.7 Å². The van der Waals surface area contributed by atoms with Gasteiger partial charge in [-0.1, -0.05) is 0 Å². The molecule has 0 atom stereocenters. The van der Waals surface area contributed by atoms with E-state index in [1.54, 1.807) is 23.4 Å². The van der Waals surface area contributed by atoms with Crippen LogP contribution in [-0.4, -0.2) is 65.9 Å². The van der Waals surface area contributed by atoms with Crippen LogP contribution in [-0.2, 0) is 4.79 Å². The monoisotopic (exact) mass is 438 g/mol. The van der Waals surface area contributed by atoms with Crippen molar-refractivity contribution in [2.45, 2.75) is 12.8 Å². The van der Waals surface area contributed by atoms with Crippen molar-refractivity contribution in [2.75, 3.05) is 42.9 Å². The number of aromatic nitrogens is 2. The number of carbonyl (C=O) groups excluding carboxylic acids is 2. The molecule has 0 unspecified atom stereocenters. The minimum atomic E-state index is -4.78. The fraction of sp³-hybridized carbons (Fsp3) is 0.368. The standard InChI is InChI=1S/C19H21F3N6O3/c20-19(21,22)31-15-4-2-14(3-5-15)26-18(30)25-9-6-16(29)27-10-12-28(13-11-27)17-23-7-1-8-24-17/h1-5,7-8H,6,9-13H2,(H2,25,26,30). The highest BCUT2D eigenvalue weighted by Crippen LogP contribution is 2.23. The average Bonchev–Trinajstić information content (AvgIpc) is 2.75. The highest BCUT2D eigenvalue weighted by Gasteiger charge is 2.31. The van der Waals surface area contributed by atoms with Gasteiger partial charge in [0.1, 0.15) is 5.75 Å². The van der Waals surface area contributed by atoms with Crippen LogP contribution in [0, 0.1) is 0 Å². The SMILES string of the molecule is O=C(NCCC(=O)N1CCN(c2ncccn2)CC1)Nc1ccc(OC(F)(F)F)cc1. The highest BCUT2D eigenvalue weighted by atomic mass is 19.4. The van der Waals surface area contributed by atoms with Crippen LogP contribution in [0.4, 0.5) is 29.6 Å². The van der Waals surface area contributed by atoms with E-state index < -0.39 is 12.4 Å². The van der Waals surface area contributed by atoms with E-state index in [4.69, 9.17) is 0 Å². The van der Waals surface area contributed by atoms with E-state index >= 15 is 0 Å². The Bertz CT molecular complexity index is 872. The molecule has 2 aromatic rings. The maximum atomic E-state index is 12.3. The number of piperazine rings is 1. The van der Waals surface area contributed by atoms with Crippen LogP contribution >= 0.6 is 0 Å². The maximum absolute atomic E-state index is 12.3. The summed E-state index contributed by atoms with van der Waals surface area (Å²) in [4.78, 5) is 36.3. The van der Waals surface area contributed by atoms with E-state index in [1.807, 2.05) is 4.90 Å². The molecule has 2 N–H and O–H groups in total. The van der Waals surface area contributed by atoms with Crippen molar-refractivity contribution >= 4 is 23.6 Å². The summed E-state index contributed by atoms with van der Waals surface area (Å²) in [6.07, 6.45) is -1.31. The zero-order valence-corrected chi connectivity index (χ0v) is 16.4. The number of anilines is 2. The Balaban J connectivity index is 1.35. The predicted molar refractivity (Wildman–Crippen MR) is 106 cm³/mol. The van der Waals surface area contributed by atoms with Gasteiger partial charge in [0.2, 0.25) is 11.9 Å². The second kappa shape index (κ2) is 9.96. The first-order chi connectivity index (χ1) is 14.8. The summed E-state index contributed by atoms with van der Waals surface area (Å²) in [7, 11) is 0. The first-order valence-corrected chi connectivity index (χ1v) is 9.50. The maximum Gasteiger partial charge on any atom is 0.573 e. The molecule has 0 spiro atoms. The molecule has 1 aliphatic heterocycles. The van der Waals surface area contributed by atoms with E-state index in [0.29, 0.717) is 32.1 Å².